The molecule has 1 heterocycles. The molecule has 0 spiro atoms. The SMILES string of the molecule is IC1(I)CCOC1. The first-order valence-corrected chi connectivity index (χ1v) is 4.32. The predicted octanol–water partition coefficient (Wildman–Crippen LogP) is 1.97. The Hall–Kier alpha value is 1.42. The van der Waals surface area contributed by atoms with Crippen LogP contribution in [-0.2, 0) is 4.74 Å². The summed E-state index contributed by atoms with van der Waals surface area (Å²) < 4.78 is 5.56. The number of hydrogen-bond acceptors (Lipinski definition) is 1. The monoisotopic (exact) mass is 324 g/mol. The Morgan fingerprint density at radius 1 is 1.43 bits per heavy atom. The first kappa shape index (κ1) is 6.54. The molecule has 0 saturated carbocycles. The third-order valence-electron chi connectivity index (χ3n) is 0.925. The van der Waals surface area contributed by atoms with Gasteiger partial charge in [-0.1, -0.05) is 45.2 Å². The van der Waals surface area contributed by atoms with Gasteiger partial charge in [-0.15, -0.1) is 0 Å². The fourth-order valence-electron chi connectivity index (χ4n) is 0.515. The van der Waals surface area contributed by atoms with E-state index in [1.165, 1.54) is 6.42 Å². The van der Waals surface area contributed by atoms with Crippen LogP contribution in [0.15, 0.2) is 0 Å². The summed E-state index contributed by atoms with van der Waals surface area (Å²) in [4.78, 5) is 0. The van der Waals surface area contributed by atoms with Crippen LogP contribution in [0, 0.1) is 0 Å². The van der Waals surface area contributed by atoms with Crippen LogP contribution in [-0.4, -0.2) is 14.6 Å². The van der Waals surface area contributed by atoms with E-state index in [-0.39, 0.29) is 0 Å². The van der Waals surface area contributed by atoms with Gasteiger partial charge in [0.1, 0.15) is 0 Å². The van der Waals surface area contributed by atoms with Crippen LogP contribution in [0.1, 0.15) is 6.42 Å². The standard InChI is InChI=1S/C4H6I2O/c5-4(6)1-2-7-3-4/h1-3H2. The summed E-state index contributed by atoms with van der Waals surface area (Å²) in [6, 6.07) is 0. The minimum Gasteiger partial charge on any atom is -0.379 e. The van der Waals surface area contributed by atoms with Crippen molar-refractivity contribution in [1.29, 1.82) is 0 Å². The zero-order valence-electron chi connectivity index (χ0n) is 3.79. The molecule has 0 aromatic heterocycles. The molecule has 42 valence electrons. The van der Waals surface area contributed by atoms with Gasteiger partial charge in [0.05, 0.1) is 8.04 Å². The Bertz CT molecular complexity index is 64.1. The van der Waals surface area contributed by atoms with Crippen molar-refractivity contribution in [3.8, 4) is 0 Å². The highest BCUT2D eigenvalue weighted by Crippen LogP contribution is 2.35. The van der Waals surface area contributed by atoms with E-state index in [9.17, 15) is 0 Å². The van der Waals surface area contributed by atoms with Crippen LogP contribution < -0.4 is 0 Å². The zero-order chi connectivity index (χ0) is 5.33. The van der Waals surface area contributed by atoms with Crippen LogP contribution in [0.4, 0.5) is 0 Å². The fourth-order valence-corrected chi connectivity index (χ4v) is 1.40. The highest BCUT2D eigenvalue weighted by Gasteiger charge is 2.27. The summed E-state index contributed by atoms with van der Waals surface area (Å²) in [5, 5.41) is 0. The summed E-state index contributed by atoms with van der Waals surface area (Å²) in [5.74, 6) is 0. The molecule has 7 heavy (non-hydrogen) atoms. The van der Waals surface area contributed by atoms with Gasteiger partial charge in [-0.05, 0) is 6.42 Å². The number of ether oxygens (including phenoxy) is 1. The Morgan fingerprint density at radius 3 is 2.29 bits per heavy atom. The van der Waals surface area contributed by atoms with Crippen molar-refractivity contribution in [3.05, 3.63) is 0 Å². The van der Waals surface area contributed by atoms with Gasteiger partial charge < -0.3 is 4.74 Å². The van der Waals surface area contributed by atoms with Gasteiger partial charge in [-0.25, -0.2) is 0 Å². The highest BCUT2D eigenvalue weighted by molar-refractivity contribution is 14.2. The lowest BCUT2D eigenvalue weighted by molar-refractivity contribution is 0.199. The zero-order valence-corrected chi connectivity index (χ0v) is 8.10. The van der Waals surface area contributed by atoms with E-state index < -0.39 is 0 Å². The number of alkyl halides is 2. The number of hydrogen-bond donors (Lipinski definition) is 0. The molecule has 1 aliphatic heterocycles. The molecule has 0 radical (unpaired) electrons. The molecule has 0 aromatic carbocycles. The van der Waals surface area contributed by atoms with Crippen LogP contribution in [0.25, 0.3) is 0 Å². The quantitative estimate of drug-likeness (QED) is 0.489. The summed E-state index contributed by atoms with van der Waals surface area (Å²) in [6.07, 6.45) is 1.20. The van der Waals surface area contributed by atoms with E-state index in [1.54, 1.807) is 0 Å². The Kier molecular flexibility index (Phi) is 2.19. The van der Waals surface area contributed by atoms with Gasteiger partial charge in [0.15, 0.2) is 0 Å². The molecule has 0 unspecified atom stereocenters. The van der Waals surface area contributed by atoms with Crippen molar-refractivity contribution in [2.75, 3.05) is 13.2 Å². The Labute approximate surface area is 70.5 Å². The first-order chi connectivity index (χ1) is 3.21. The van der Waals surface area contributed by atoms with E-state index in [0.29, 0.717) is 1.43 Å². The lowest BCUT2D eigenvalue weighted by Crippen LogP contribution is -2.07. The van der Waals surface area contributed by atoms with Gasteiger partial charge in [0.25, 0.3) is 0 Å². The maximum atomic E-state index is 5.14. The molecule has 1 aliphatic rings. The van der Waals surface area contributed by atoms with Crippen molar-refractivity contribution in [2.45, 2.75) is 7.85 Å². The average molecular weight is 324 g/mol. The number of rotatable bonds is 0. The van der Waals surface area contributed by atoms with E-state index in [2.05, 4.69) is 45.2 Å². The van der Waals surface area contributed by atoms with Crippen LogP contribution >= 0.6 is 45.2 Å². The second-order valence-electron chi connectivity index (χ2n) is 1.66. The first-order valence-electron chi connectivity index (χ1n) is 2.16. The van der Waals surface area contributed by atoms with E-state index >= 15 is 0 Å². The lowest BCUT2D eigenvalue weighted by Gasteiger charge is -2.06. The average Bonchev–Trinajstić information content (AvgIpc) is 1.84. The van der Waals surface area contributed by atoms with Gasteiger partial charge in [0, 0.05) is 6.61 Å². The summed E-state index contributed by atoms with van der Waals surface area (Å²) in [7, 11) is 0. The highest BCUT2D eigenvalue weighted by atomic mass is 127. The summed E-state index contributed by atoms with van der Waals surface area (Å²) in [5.41, 5.74) is 0. The summed E-state index contributed by atoms with van der Waals surface area (Å²) in [6.45, 7) is 1.88. The molecule has 0 atom stereocenters. The van der Waals surface area contributed by atoms with Crippen molar-refractivity contribution >= 4 is 45.2 Å². The second kappa shape index (κ2) is 2.34. The maximum absolute atomic E-state index is 5.14. The van der Waals surface area contributed by atoms with Crippen molar-refractivity contribution in [2.24, 2.45) is 0 Å². The van der Waals surface area contributed by atoms with Crippen LogP contribution in [0.3, 0.4) is 0 Å². The Morgan fingerprint density at radius 2 is 2.14 bits per heavy atom. The molecular weight excluding hydrogens is 318 g/mol. The summed E-state index contributed by atoms with van der Waals surface area (Å²) >= 11 is 4.86. The predicted molar refractivity (Wildman–Crippen MR) is 46.2 cm³/mol. The molecule has 1 saturated heterocycles. The molecule has 0 bridgehead atoms. The molecule has 1 rings (SSSR count). The van der Waals surface area contributed by atoms with Crippen molar-refractivity contribution < 1.29 is 4.74 Å². The molecule has 3 heteroatoms. The fraction of sp³-hybridized carbons (Fsp3) is 1.00. The lowest BCUT2D eigenvalue weighted by atomic mass is 10.4. The Balaban J connectivity index is 2.40. The molecular formula is C4H6I2O. The molecule has 0 N–H and O–H groups in total. The largest absolute Gasteiger partial charge is 0.379 e. The van der Waals surface area contributed by atoms with E-state index in [0.717, 1.165) is 13.2 Å². The normalized spacial score (nSPS) is 28.3. The van der Waals surface area contributed by atoms with Crippen molar-refractivity contribution in [3.63, 3.8) is 0 Å². The van der Waals surface area contributed by atoms with Gasteiger partial charge in [-0.2, -0.15) is 0 Å². The maximum Gasteiger partial charge on any atom is 0.0988 e. The minimum absolute atomic E-state index is 0.412. The minimum atomic E-state index is 0.412. The van der Waals surface area contributed by atoms with Crippen LogP contribution in [0.2, 0.25) is 0 Å². The smallest absolute Gasteiger partial charge is 0.0988 e. The van der Waals surface area contributed by atoms with E-state index in [1.807, 2.05) is 0 Å². The third-order valence-corrected chi connectivity index (χ3v) is 2.63. The number of halogens is 2. The second-order valence-corrected chi connectivity index (χ2v) is 7.85. The molecule has 0 amide bonds. The van der Waals surface area contributed by atoms with Gasteiger partial charge in [0.2, 0.25) is 0 Å². The molecule has 1 nitrogen and oxygen atoms in total. The molecule has 0 aromatic rings. The van der Waals surface area contributed by atoms with Gasteiger partial charge >= 0.3 is 0 Å². The molecule has 0 aliphatic carbocycles. The topological polar surface area (TPSA) is 9.23 Å². The van der Waals surface area contributed by atoms with Gasteiger partial charge in [-0.3, -0.25) is 0 Å². The van der Waals surface area contributed by atoms with Crippen molar-refractivity contribution in [1.82, 2.24) is 0 Å². The van der Waals surface area contributed by atoms with Crippen LogP contribution in [0.5, 0.6) is 0 Å². The van der Waals surface area contributed by atoms with E-state index in [4.69, 9.17) is 4.74 Å². The molecule has 1 fully saturated rings. The third kappa shape index (κ3) is 2.01.